The molecule has 29 heavy (non-hydrogen) atoms. The van der Waals surface area contributed by atoms with Gasteiger partial charge < -0.3 is 10.1 Å². The van der Waals surface area contributed by atoms with Crippen LogP contribution >= 0.6 is 11.3 Å². The number of carbonyl (C=O) groups excluding carboxylic acids is 3. The molecule has 0 aliphatic carbocycles. The molecule has 0 fully saturated rings. The Balaban J connectivity index is 1.77. The van der Waals surface area contributed by atoms with Gasteiger partial charge in [0.05, 0.1) is 12.2 Å². The number of rotatable bonds is 5. The molecule has 3 amide bonds. The first-order valence-corrected chi connectivity index (χ1v) is 9.55. The highest BCUT2D eigenvalue weighted by Crippen LogP contribution is 2.29. The summed E-state index contributed by atoms with van der Waals surface area (Å²) < 4.78 is 20.0. The van der Waals surface area contributed by atoms with Gasteiger partial charge in [-0.25, -0.2) is 14.0 Å². The highest BCUT2D eigenvalue weighted by atomic mass is 32.1. The number of urea groups is 1. The first-order chi connectivity index (χ1) is 13.8. The monoisotopic (exact) mass is 418 g/mol. The van der Waals surface area contributed by atoms with Crippen LogP contribution < -0.4 is 10.6 Å². The number of halogens is 1. The van der Waals surface area contributed by atoms with E-state index in [0.717, 1.165) is 21.5 Å². The first kappa shape index (κ1) is 20.5. The van der Waals surface area contributed by atoms with Crippen molar-refractivity contribution < 1.29 is 23.5 Å². The number of nitrogens with zero attached hydrogens (tertiary/aromatic N) is 2. The van der Waals surface area contributed by atoms with E-state index in [0.29, 0.717) is 11.4 Å². The number of ether oxygens (including phenoxy) is 1. The number of fused-ring (bicyclic) bond motifs is 1. The lowest BCUT2D eigenvalue weighted by Gasteiger charge is -2.11. The standard InChI is InChI=1S/C19H19FN4O4S/c1-10-14-8-15(18(26)28-11(2)16(25)22-19(27)21-3)29-17(14)24(23-10)9-12-4-6-13(20)7-5-12/h4-8,11H,9H2,1-3H3,(H2,21,22,25,27)/t11-/m0/s1. The molecule has 0 aliphatic heterocycles. The van der Waals surface area contributed by atoms with E-state index in [4.69, 9.17) is 4.74 Å². The van der Waals surface area contributed by atoms with Crippen LogP contribution in [-0.4, -0.2) is 40.8 Å². The molecule has 0 saturated carbocycles. The molecule has 2 heterocycles. The third-order valence-corrected chi connectivity index (χ3v) is 5.30. The lowest BCUT2D eigenvalue weighted by Crippen LogP contribution is -2.43. The molecular weight excluding hydrogens is 399 g/mol. The molecule has 1 atom stereocenters. The molecule has 0 bridgehead atoms. The van der Waals surface area contributed by atoms with Crippen molar-refractivity contribution in [1.29, 1.82) is 0 Å². The van der Waals surface area contributed by atoms with E-state index < -0.39 is 24.0 Å². The minimum atomic E-state index is -1.14. The summed E-state index contributed by atoms with van der Waals surface area (Å²) in [5, 5.41) is 9.57. The van der Waals surface area contributed by atoms with Crippen molar-refractivity contribution in [2.24, 2.45) is 0 Å². The van der Waals surface area contributed by atoms with Crippen LogP contribution in [0.2, 0.25) is 0 Å². The number of hydrogen-bond donors (Lipinski definition) is 2. The summed E-state index contributed by atoms with van der Waals surface area (Å²) in [5.41, 5.74) is 1.61. The maximum atomic E-state index is 13.1. The van der Waals surface area contributed by atoms with Crippen LogP contribution in [0.15, 0.2) is 30.3 Å². The number of imide groups is 1. The number of benzene rings is 1. The zero-order chi connectivity index (χ0) is 21.1. The zero-order valence-electron chi connectivity index (χ0n) is 16.0. The van der Waals surface area contributed by atoms with Crippen molar-refractivity contribution in [2.45, 2.75) is 26.5 Å². The summed E-state index contributed by atoms with van der Waals surface area (Å²) >= 11 is 1.19. The summed E-state index contributed by atoms with van der Waals surface area (Å²) in [6, 6.07) is 7.09. The maximum Gasteiger partial charge on any atom is 0.349 e. The topological polar surface area (TPSA) is 102 Å². The average molecular weight is 418 g/mol. The second-order valence-corrected chi connectivity index (χ2v) is 7.35. The van der Waals surface area contributed by atoms with E-state index in [9.17, 15) is 18.8 Å². The Morgan fingerprint density at radius 3 is 2.62 bits per heavy atom. The van der Waals surface area contributed by atoms with Crippen molar-refractivity contribution in [3.63, 3.8) is 0 Å². The van der Waals surface area contributed by atoms with Gasteiger partial charge in [0.1, 0.15) is 15.5 Å². The summed E-state index contributed by atoms with van der Waals surface area (Å²) in [6.45, 7) is 3.63. The van der Waals surface area contributed by atoms with E-state index in [1.54, 1.807) is 22.9 Å². The fraction of sp³-hybridized carbons (Fsp3) is 0.263. The van der Waals surface area contributed by atoms with Gasteiger partial charge in [-0.15, -0.1) is 11.3 Å². The normalized spacial score (nSPS) is 11.9. The van der Waals surface area contributed by atoms with Crippen LogP contribution in [0.3, 0.4) is 0 Å². The number of aromatic nitrogens is 2. The van der Waals surface area contributed by atoms with E-state index in [-0.39, 0.29) is 5.82 Å². The highest BCUT2D eigenvalue weighted by Gasteiger charge is 2.23. The predicted molar refractivity (Wildman–Crippen MR) is 105 cm³/mol. The zero-order valence-corrected chi connectivity index (χ0v) is 16.8. The molecule has 0 unspecified atom stereocenters. The van der Waals surface area contributed by atoms with Crippen LogP contribution in [-0.2, 0) is 16.1 Å². The van der Waals surface area contributed by atoms with Gasteiger partial charge in [0.2, 0.25) is 0 Å². The largest absolute Gasteiger partial charge is 0.448 e. The Labute approximate surface area is 169 Å². The Morgan fingerprint density at radius 1 is 1.28 bits per heavy atom. The Kier molecular flexibility index (Phi) is 5.92. The quantitative estimate of drug-likeness (QED) is 0.620. The van der Waals surface area contributed by atoms with E-state index >= 15 is 0 Å². The van der Waals surface area contributed by atoms with Gasteiger partial charge in [-0.3, -0.25) is 14.8 Å². The Bertz CT molecular complexity index is 1070. The van der Waals surface area contributed by atoms with E-state index in [2.05, 4.69) is 15.7 Å². The van der Waals surface area contributed by atoms with Gasteiger partial charge in [0, 0.05) is 12.4 Å². The van der Waals surface area contributed by atoms with Crippen LogP contribution in [0.1, 0.15) is 27.9 Å². The average Bonchev–Trinajstić information content (AvgIpc) is 3.25. The number of hydrogen-bond acceptors (Lipinski definition) is 6. The number of amides is 3. The Hall–Kier alpha value is -3.27. The lowest BCUT2D eigenvalue weighted by molar-refractivity contribution is -0.127. The molecule has 8 nitrogen and oxygen atoms in total. The minimum absolute atomic E-state index is 0.313. The van der Waals surface area contributed by atoms with E-state index in [1.165, 1.54) is 37.4 Å². The van der Waals surface area contributed by atoms with Crippen molar-refractivity contribution >= 4 is 39.5 Å². The fourth-order valence-corrected chi connectivity index (χ4v) is 3.68. The molecule has 152 valence electrons. The van der Waals surface area contributed by atoms with Crippen LogP contribution in [0.4, 0.5) is 9.18 Å². The third kappa shape index (κ3) is 4.60. The van der Waals surface area contributed by atoms with Gasteiger partial charge in [0.25, 0.3) is 5.91 Å². The number of carbonyl (C=O) groups is 3. The molecule has 0 saturated heterocycles. The first-order valence-electron chi connectivity index (χ1n) is 8.73. The third-order valence-electron chi connectivity index (χ3n) is 4.17. The van der Waals surface area contributed by atoms with Gasteiger partial charge in [-0.2, -0.15) is 5.10 Å². The summed E-state index contributed by atoms with van der Waals surface area (Å²) in [6.07, 6.45) is -1.14. The lowest BCUT2D eigenvalue weighted by atomic mass is 10.2. The number of nitrogens with one attached hydrogen (secondary N) is 2. The van der Waals surface area contributed by atoms with E-state index in [1.807, 2.05) is 6.92 Å². The smallest absolute Gasteiger partial charge is 0.349 e. The van der Waals surface area contributed by atoms with Gasteiger partial charge in [-0.05, 0) is 37.6 Å². The number of aryl methyl sites for hydroxylation is 1. The fourth-order valence-electron chi connectivity index (χ4n) is 2.63. The van der Waals surface area contributed by atoms with Crippen LogP contribution in [0.25, 0.3) is 10.2 Å². The van der Waals surface area contributed by atoms with Crippen molar-refractivity contribution in [2.75, 3.05) is 7.05 Å². The van der Waals surface area contributed by atoms with Gasteiger partial charge in [-0.1, -0.05) is 12.1 Å². The minimum Gasteiger partial charge on any atom is -0.448 e. The number of esters is 1. The maximum absolute atomic E-state index is 13.1. The summed E-state index contributed by atoms with van der Waals surface area (Å²) in [7, 11) is 1.37. The molecule has 0 aliphatic rings. The van der Waals surface area contributed by atoms with Crippen molar-refractivity contribution in [1.82, 2.24) is 20.4 Å². The summed E-state index contributed by atoms with van der Waals surface area (Å²) in [4.78, 5) is 36.6. The number of thiophene rings is 1. The molecule has 3 aromatic rings. The second kappa shape index (κ2) is 8.39. The molecule has 2 aromatic heterocycles. The summed E-state index contributed by atoms with van der Waals surface area (Å²) in [5.74, 6) is -1.71. The van der Waals surface area contributed by atoms with Crippen molar-refractivity contribution in [3.05, 3.63) is 52.3 Å². The second-order valence-electron chi connectivity index (χ2n) is 6.31. The van der Waals surface area contributed by atoms with Gasteiger partial charge in [0.15, 0.2) is 6.10 Å². The highest BCUT2D eigenvalue weighted by molar-refractivity contribution is 7.20. The van der Waals surface area contributed by atoms with Crippen LogP contribution in [0, 0.1) is 12.7 Å². The van der Waals surface area contributed by atoms with Crippen LogP contribution in [0.5, 0.6) is 0 Å². The molecule has 10 heteroatoms. The predicted octanol–water partition coefficient (Wildman–Crippen LogP) is 2.59. The molecule has 1 aromatic carbocycles. The SMILES string of the molecule is CNC(=O)NC(=O)[C@H](C)OC(=O)c1cc2c(C)nn(Cc3ccc(F)cc3)c2s1. The Morgan fingerprint density at radius 2 is 1.97 bits per heavy atom. The molecular formula is C19H19FN4O4S. The van der Waals surface area contributed by atoms with Gasteiger partial charge >= 0.3 is 12.0 Å². The molecule has 0 radical (unpaired) electrons. The molecule has 2 N–H and O–H groups in total. The molecule has 0 spiro atoms. The molecule has 3 rings (SSSR count). The van der Waals surface area contributed by atoms with Crippen molar-refractivity contribution in [3.8, 4) is 0 Å².